The molecule has 0 saturated carbocycles. The molecular formula is C27H23N3O2S. The Morgan fingerprint density at radius 3 is 2.48 bits per heavy atom. The van der Waals surface area contributed by atoms with Gasteiger partial charge in [0.15, 0.2) is 0 Å². The lowest BCUT2D eigenvalue weighted by Gasteiger charge is -2.17. The van der Waals surface area contributed by atoms with Crippen LogP contribution in [0.4, 0.5) is 5.69 Å². The fraction of sp³-hybridized carbons (Fsp3) is 0.0741. The molecule has 0 unspecified atom stereocenters. The van der Waals surface area contributed by atoms with Crippen LogP contribution in [-0.2, 0) is 4.79 Å². The Morgan fingerprint density at radius 2 is 1.79 bits per heavy atom. The van der Waals surface area contributed by atoms with Crippen molar-refractivity contribution in [2.75, 3.05) is 5.73 Å². The standard InChI is InChI=1S/C27H23N3O2S/c1-2-23(19-9-11-25-22(13-19)16-30-33-25)27(20-8-10-24(29)21(14-20)15-28)18-6-3-17(4-7-18)5-12-26(31)32/h3-16,28H,2,29H2,1H3,(H,31,32)/b12-5+,27-23+,28-15?. The van der Waals surface area contributed by atoms with E-state index < -0.39 is 5.97 Å². The number of allylic oxidation sites excluding steroid dienone is 1. The van der Waals surface area contributed by atoms with E-state index in [9.17, 15) is 4.79 Å². The van der Waals surface area contributed by atoms with Crippen LogP contribution in [-0.4, -0.2) is 21.7 Å². The van der Waals surface area contributed by atoms with Crippen molar-refractivity contribution in [3.05, 3.63) is 101 Å². The second-order valence-electron chi connectivity index (χ2n) is 7.57. The van der Waals surface area contributed by atoms with Gasteiger partial charge in [0.1, 0.15) is 0 Å². The van der Waals surface area contributed by atoms with Gasteiger partial charge in [-0.2, -0.15) is 4.37 Å². The molecule has 3 aromatic carbocycles. The number of nitrogen functional groups attached to an aromatic ring is 1. The molecule has 33 heavy (non-hydrogen) atoms. The van der Waals surface area contributed by atoms with E-state index in [1.54, 1.807) is 6.08 Å². The predicted octanol–water partition coefficient (Wildman–Crippen LogP) is 6.34. The molecule has 0 aliphatic rings. The van der Waals surface area contributed by atoms with Gasteiger partial charge in [0.05, 0.1) is 4.70 Å². The molecule has 0 spiro atoms. The van der Waals surface area contributed by atoms with Crippen LogP contribution in [0.3, 0.4) is 0 Å². The Kier molecular flexibility index (Phi) is 6.47. The van der Waals surface area contributed by atoms with Crippen LogP contribution >= 0.6 is 11.5 Å². The van der Waals surface area contributed by atoms with Crippen molar-refractivity contribution in [3.63, 3.8) is 0 Å². The molecule has 0 aliphatic heterocycles. The third-order valence-electron chi connectivity index (χ3n) is 5.51. The number of rotatable bonds is 7. The van der Waals surface area contributed by atoms with E-state index in [1.807, 2.05) is 48.7 Å². The lowest BCUT2D eigenvalue weighted by Crippen LogP contribution is -1.99. The summed E-state index contributed by atoms with van der Waals surface area (Å²) in [6.07, 6.45) is 6.65. The number of hydrogen-bond donors (Lipinski definition) is 3. The molecule has 5 nitrogen and oxygen atoms in total. The number of fused-ring (bicyclic) bond motifs is 1. The largest absolute Gasteiger partial charge is 0.478 e. The second-order valence-corrected chi connectivity index (χ2v) is 8.40. The zero-order chi connectivity index (χ0) is 23.4. The number of anilines is 1. The van der Waals surface area contributed by atoms with Crippen LogP contribution in [0.2, 0.25) is 0 Å². The first-order valence-corrected chi connectivity index (χ1v) is 11.3. The molecule has 164 valence electrons. The molecule has 4 aromatic rings. The number of nitrogens with zero attached hydrogens (tertiary/aromatic N) is 1. The Bertz CT molecular complexity index is 1400. The van der Waals surface area contributed by atoms with Crippen molar-refractivity contribution < 1.29 is 9.90 Å². The molecule has 0 aliphatic carbocycles. The fourth-order valence-electron chi connectivity index (χ4n) is 3.88. The number of hydrogen-bond acceptors (Lipinski definition) is 5. The van der Waals surface area contributed by atoms with E-state index in [-0.39, 0.29) is 0 Å². The van der Waals surface area contributed by atoms with Crippen LogP contribution < -0.4 is 5.73 Å². The molecule has 6 heteroatoms. The van der Waals surface area contributed by atoms with Gasteiger partial charge in [-0.05, 0) is 81.7 Å². The monoisotopic (exact) mass is 453 g/mol. The molecule has 0 fully saturated rings. The highest BCUT2D eigenvalue weighted by atomic mass is 32.1. The van der Waals surface area contributed by atoms with Crippen LogP contribution in [0.1, 0.15) is 41.2 Å². The maximum Gasteiger partial charge on any atom is 0.328 e. The van der Waals surface area contributed by atoms with Gasteiger partial charge < -0.3 is 16.2 Å². The first-order chi connectivity index (χ1) is 16.0. The van der Waals surface area contributed by atoms with Crippen molar-refractivity contribution in [2.24, 2.45) is 0 Å². The van der Waals surface area contributed by atoms with E-state index in [1.165, 1.54) is 17.7 Å². The van der Waals surface area contributed by atoms with E-state index >= 15 is 0 Å². The maximum atomic E-state index is 10.9. The van der Waals surface area contributed by atoms with Gasteiger partial charge >= 0.3 is 5.97 Å². The van der Waals surface area contributed by atoms with Gasteiger partial charge in [-0.3, -0.25) is 0 Å². The molecule has 1 heterocycles. The molecule has 0 saturated heterocycles. The predicted molar refractivity (Wildman–Crippen MR) is 138 cm³/mol. The van der Waals surface area contributed by atoms with Gasteiger partial charge in [0.25, 0.3) is 0 Å². The molecule has 1 aromatic heterocycles. The van der Waals surface area contributed by atoms with E-state index in [0.29, 0.717) is 11.3 Å². The number of aliphatic carboxylic acids is 1. The fourth-order valence-corrected chi connectivity index (χ4v) is 4.51. The topological polar surface area (TPSA) is 100 Å². The molecular weight excluding hydrogens is 430 g/mol. The lowest BCUT2D eigenvalue weighted by molar-refractivity contribution is -0.131. The summed E-state index contributed by atoms with van der Waals surface area (Å²) in [7, 11) is 0. The van der Waals surface area contributed by atoms with Crippen molar-refractivity contribution >= 4 is 56.7 Å². The summed E-state index contributed by atoms with van der Waals surface area (Å²) in [6, 6.07) is 19.9. The van der Waals surface area contributed by atoms with Gasteiger partial charge in [0.2, 0.25) is 0 Å². The maximum absolute atomic E-state index is 10.9. The quantitative estimate of drug-likeness (QED) is 0.131. The smallest absolute Gasteiger partial charge is 0.328 e. The minimum Gasteiger partial charge on any atom is -0.478 e. The zero-order valence-electron chi connectivity index (χ0n) is 18.1. The molecule has 0 radical (unpaired) electrons. The number of benzene rings is 3. The normalized spacial score (nSPS) is 12.2. The van der Waals surface area contributed by atoms with Gasteiger partial charge in [-0.15, -0.1) is 0 Å². The van der Waals surface area contributed by atoms with Crippen LogP contribution in [0.5, 0.6) is 0 Å². The lowest BCUT2D eigenvalue weighted by atomic mass is 9.87. The highest BCUT2D eigenvalue weighted by molar-refractivity contribution is 7.13. The average Bonchev–Trinajstić information content (AvgIpc) is 3.30. The number of carboxylic acid groups (broad SMARTS) is 1. The van der Waals surface area contributed by atoms with E-state index in [0.717, 1.165) is 56.0 Å². The number of nitrogens with one attached hydrogen (secondary N) is 1. The van der Waals surface area contributed by atoms with Crippen LogP contribution in [0, 0.1) is 5.41 Å². The van der Waals surface area contributed by atoms with Crippen molar-refractivity contribution in [1.82, 2.24) is 4.37 Å². The van der Waals surface area contributed by atoms with Gasteiger partial charge in [-0.25, -0.2) is 4.79 Å². The summed E-state index contributed by atoms with van der Waals surface area (Å²) in [4.78, 5) is 10.9. The van der Waals surface area contributed by atoms with Crippen molar-refractivity contribution in [2.45, 2.75) is 13.3 Å². The van der Waals surface area contributed by atoms with Crippen molar-refractivity contribution in [1.29, 1.82) is 5.41 Å². The van der Waals surface area contributed by atoms with Crippen LogP contribution in [0.25, 0.3) is 27.3 Å². The second kappa shape index (κ2) is 9.63. The Morgan fingerprint density at radius 1 is 1.06 bits per heavy atom. The Labute approximate surface area is 196 Å². The Hall–Kier alpha value is -4.03. The van der Waals surface area contributed by atoms with E-state index in [4.69, 9.17) is 16.2 Å². The highest BCUT2D eigenvalue weighted by Crippen LogP contribution is 2.36. The third kappa shape index (κ3) is 4.76. The minimum absolute atomic E-state index is 0.561. The molecule has 4 N–H and O–H groups in total. The first kappa shape index (κ1) is 22.2. The molecule has 0 atom stereocenters. The molecule has 0 bridgehead atoms. The molecule has 0 amide bonds. The summed E-state index contributed by atoms with van der Waals surface area (Å²) in [5, 5.41) is 17.8. The van der Waals surface area contributed by atoms with Crippen LogP contribution in [0.15, 0.2) is 72.9 Å². The van der Waals surface area contributed by atoms with Gasteiger partial charge in [0, 0.05) is 35.1 Å². The summed E-state index contributed by atoms with van der Waals surface area (Å²) < 4.78 is 5.44. The molecule has 4 rings (SSSR count). The summed E-state index contributed by atoms with van der Waals surface area (Å²) in [5.74, 6) is -0.979. The summed E-state index contributed by atoms with van der Waals surface area (Å²) >= 11 is 1.48. The summed E-state index contributed by atoms with van der Waals surface area (Å²) in [5.41, 5.74) is 13.4. The third-order valence-corrected chi connectivity index (χ3v) is 6.28. The minimum atomic E-state index is -0.979. The Balaban J connectivity index is 1.93. The zero-order valence-corrected chi connectivity index (χ0v) is 18.9. The number of aromatic nitrogens is 1. The number of carbonyl (C=O) groups is 1. The van der Waals surface area contributed by atoms with Gasteiger partial charge in [-0.1, -0.05) is 43.3 Å². The average molecular weight is 454 g/mol. The van der Waals surface area contributed by atoms with Crippen molar-refractivity contribution in [3.8, 4) is 0 Å². The number of carboxylic acids is 1. The van der Waals surface area contributed by atoms with E-state index in [2.05, 4.69) is 29.5 Å². The highest BCUT2D eigenvalue weighted by Gasteiger charge is 2.15. The SMILES string of the molecule is CC/C(=C(/c1ccc(/C=C/C(=O)O)cc1)c1ccc(N)c(C=N)c1)c1ccc2sncc2c1. The summed E-state index contributed by atoms with van der Waals surface area (Å²) in [6.45, 7) is 2.13. The number of nitrogens with two attached hydrogens (primary N) is 1. The first-order valence-electron chi connectivity index (χ1n) is 10.5.